The van der Waals surface area contributed by atoms with Crippen LogP contribution in [0.15, 0.2) is 97.1 Å². The number of hydroxylamine groups is 1. The number of phenolic OH excluding ortho intramolecular Hbond substituents is 1. The molecule has 3 N–H and O–H groups in total. The van der Waals surface area contributed by atoms with Crippen molar-refractivity contribution in [2.45, 2.75) is 31.0 Å². The molecule has 4 aromatic carbocycles. The molecule has 0 aromatic heterocycles. The summed E-state index contributed by atoms with van der Waals surface area (Å²) < 4.78 is 0. The van der Waals surface area contributed by atoms with Gasteiger partial charge in [0.25, 0.3) is 11.8 Å². The predicted molar refractivity (Wildman–Crippen MR) is 157 cm³/mol. The number of amides is 2. The number of carbonyl (C=O) groups is 2. The Labute approximate surface area is 247 Å². The number of halogens is 2. The molecule has 4 aromatic rings. The van der Waals surface area contributed by atoms with Gasteiger partial charge in [-0.3, -0.25) is 14.4 Å². The topological polar surface area (TPSA) is 99.1 Å². The van der Waals surface area contributed by atoms with Crippen LogP contribution in [0.5, 0.6) is 5.75 Å². The van der Waals surface area contributed by atoms with Crippen molar-refractivity contribution < 1.29 is 24.6 Å². The Morgan fingerprint density at radius 1 is 0.902 bits per heavy atom. The van der Waals surface area contributed by atoms with Crippen LogP contribution in [0.1, 0.15) is 44.6 Å². The molecule has 0 aliphatic carbocycles. The van der Waals surface area contributed by atoms with E-state index in [0.717, 1.165) is 11.1 Å². The van der Waals surface area contributed by atoms with Gasteiger partial charge in [0.2, 0.25) is 0 Å². The second-order valence-corrected chi connectivity index (χ2v) is 10.7. The number of aliphatic hydroxyl groups is 1. The number of nitrogens with zero attached hydrogens (tertiary/aromatic N) is 1. The summed E-state index contributed by atoms with van der Waals surface area (Å²) in [5.74, 6) is -1.63. The fourth-order valence-electron chi connectivity index (χ4n) is 5.29. The van der Waals surface area contributed by atoms with E-state index < -0.39 is 23.9 Å². The zero-order valence-electron chi connectivity index (χ0n) is 21.9. The van der Waals surface area contributed by atoms with E-state index in [0.29, 0.717) is 21.7 Å². The molecule has 210 valence electrons. The van der Waals surface area contributed by atoms with Crippen LogP contribution in [0.4, 0.5) is 0 Å². The number of benzene rings is 4. The molecular formula is C32H28Cl2N2O5. The van der Waals surface area contributed by atoms with E-state index in [1.807, 2.05) is 30.3 Å². The van der Waals surface area contributed by atoms with Gasteiger partial charge in [0, 0.05) is 15.6 Å². The van der Waals surface area contributed by atoms with Crippen LogP contribution in [0.2, 0.25) is 10.0 Å². The van der Waals surface area contributed by atoms with Crippen molar-refractivity contribution in [3.8, 4) is 5.75 Å². The summed E-state index contributed by atoms with van der Waals surface area (Å²) in [6.07, 6.45) is 0.269. The summed E-state index contributed by atoms with van der Waals surface area (Å²) in [7, 11) is 0. The van der Waals surface area contributed by atoms with Crippen LogP contribution >= 0.6 is 23.2 Å². The molecule has 0 saturated carbocycles. The number of nitrogens with one attached hydrogen (secondary N) is 1. The molecule has 1 heterocycles. The fourth-order valence-corrected chi connectivity index (χ4v) is 5.81. The Balaban J connectivity index is 1.58. The summed E-state index contributed by atoms with van der Waals surface area (Å²) in [5.41, 5.74) is 5.63. The molecule has 1 aliphatic rings. The Kier molecular flexibility index (Phi) is 8.90. The van der Waals surface area contributed by atoms with Crippen molar-refractivity contribution in [3.63, 3.8) is 0 Å². The lowest BCUT2D eigenvalue weighted by atomic mass is 9.78. The maximum atomic E-state index is 14.1. The molecule has 0 saturated heterocycles. The normalized spacial score (nSPS) is 17.1. The summed E-state index contributed by atoms with van der Waals surface area (Å²) in [6, 6.07) is 26.2. The van der Waals surface area contributed by atoms with E-state index in [1.165, 1.54) is 4.90 Å². The average Bonchev–Trinajstić information content (AvgIpc) is 2.98. The smallest absolute Gasteiger partial charge is 0.255 e. The number of aromatic hydroxyl groups is 1. The highest BCUT2D eigenvalue weighted by Gasteiger charge is 2.47. The van der Waals surface area contributed by atoms with E-state index in [1.54, 1.807) is 66.7 Å². The molecule has 5 rings (SSSR count). The second-order valence-electron chi connectivity index (χ2n) is 9.84. The molecule has 9 heteroatoms. The van der Waals surface area contributed by atoms with Crippen molar-refractivity contribution in [2.24, 2.45) is 0 Å². The van der Waals surface area contributed by atoms with Gasteiger partial charge in [0.1, 0.15) is 5.75 Å². The molecule has 2 amide bonds. The first-order chi connectivity index (χ1) is 19.9. The number of carbonyl (C=O) groups excluding carboxylic acids is 2. The van der Waals surface area contributed by atoms with Crippen LogP contribution in [-0.2, 0) is 22.7 Å². The SMILES string of the molecule is O=C(NOCc1ccccc1)C1c2ccccc2C(=O)N([C@H](CO)Cc2ccc(O)cc2)C1c1ccc(Cl)cc1Cl. The molecule has 2 unspecified atom stereocenters. The van der Waals surface area contributed by atoms with Gasteiger partial charge in [-0.05, 0) is 59.0 Å². The maximum absolute atomic E-state index is 14.1. The van der Waals surface area contributed by atoms with Crippen molar-refractivity contribution in [1.82, 2.24) is 10.4 Å². The highest BCUT2D eigenvalue weighted by Crippen LogP contribution is 2.46. The van der Waals surface area contributed by atoms with Gasteiger partial charge in [-0.25, -0.2) is 5.48 Å². The van der Waals surface area contributed by atoms with Crippen LogP contribution in [0.3, 0.4) is 0 Å². The number of hydrogen-bond acceptors (Lipinski definition) is 5. The second kappa shape index (κ2) is 12.7. The van der Waals surface area contributed by atoms with E-state index in [9.17, 15) is 19.8 Å². The quantitative estimate of drug-likeness (QED) is 0.213. The molecule has 0 spiro atoms. The highest BCUT2D eigenvalue weighted by molar-refractivity contribution is 6.35. The Morgan fingerprint density at radius 2 is 1.61 bits per heavy atom. The molecule has 0 fully saturated rings. The van der Waals surface area contributed by atoms with Crippen LogP contribution in [0.25, 0.3) is 0 Å². The first kappa shape index (κ1) is 28.6. The molecule has 1 aliphatic heterocycles. The van der Waals surface area contributed by atoms with Gasteiger partial charge < -0.3 is 15.1 Å². The molecule has 0 radical (unpaired) electrons. The molecule has 7 nitrogen and oxygen atoms in total. The summed E-state index contributed by atoms with van der Waals surface area (Å²) >= 11 is 12.9. The minimum absolute atomic E-state index is 0.107. The first-order valence-electron chi connectivity index (χ1n) is 13.1. The largest absolute Gasteiger partial charge is 0.508 e. The van der Waals surface area contributed by atoms with Gasteiger partial charge in [-0.15, -0.1) is 0 Å². The van der Waals surface area contributed by atoms with Crippen molar-refractivity contribution in [2.75, 3.05) is 6.61 Å². The third-order valence-corrected chi connectivity index (χ3v) is 7.77. The average molecular weight is 591 g/mol. The number of phenols is 1. The fraction of sp³-hybridized carbons (Fsp3) is 0.188. The van der Waals surface area contributed by atoms with Gasteiger partial charge >= 0.3 is 0 Å². The third-order valence-electron chi connectivity index (χ3n) is 7.21. The zero-order chi connectivity index (χ0) is 28.9. The van der Waals surface area contributed by atoms with Crippen LogP contribution in [-0.4, -0.2) is 39.6 Å². The van der Waals surface area contributed by atoms with Crippen LogP contribution < -0.4 is 5.48 Å². The lowest BCUT2D eigenvalue weighted by Gasteiger charge is -2.45. The lowest BCUT2D eigenvalue weighted by Crippen LogP contribution is -2.53. The van der Waals surface area contributed by atoms with Crippen molar-refractivity contribution in [1.29, 1.82) is 0 Å². The predicted octanol–water partition coefficient (Wildman–Crippen LogP) is 5.83. The van der Waals surface area contributed by atoms with E-state index in [4.69, 9.17) is 28.0 Å². The summed E-state index contributed by atoms with van der Waals surface area (Å²) in [4.78, 5) is 35.2. The van der Waals surface area contributed by atoms with Gasteiger partial charge in [0.15, 0.2) is 0 Å². The molecule has 41 heavy (non-hydrogen) atoms. The van der Waals surface area contributed by atoms with Gasteiger partial charge in [0.05, 0.1) is 31.2 Å². The lowest BCUT2D eigenvalue weighted by molar-refractivity contribution is -0.138. The van der Waals surface area contributed by atoms with E-state index >= 15 is 0 Å². The van der Waals surface area contributed by atoms with Crippen LogP contribution in [0, 0.1) is 0 Å². The molecule has 3 atom stereocenters. The zero-order valence-corrected chi connectivity index (χ0v) is 23.4. The minimum Gasteiger partial charge on any atom is -0.508 e. The van der Waals surface area contributed by atoms with Crippen molar-refractivity contribution in [3.05, 3.63) is 135 Å². The monoisotopic (exact) mass is 590 g/mol. The minimum atomic E-state index is -0.924. The third kappa shape index (κ3) is 6.24. The summed E-state index contributed by atoms with van der Waals surface area (Å²) in [5, 5.41) is 21.0. The summed E-state index contributed by atoms with van der Waals surface area (Å²) in [6.45, 7) is -0.231. The standard InChI is InChI=1S/C32H28Cl2N2O5/c33-22-12-15-27(28(34)17-22)30-29(31(39)35-41-19-21-6-2-1-3-7-21)25-8-4-5-9-26(25)32(40)36(30)23(18-37)16-20-10-13-24(38)14-11-20/h1-15,17,23,29-30,37-38H,16,18-19H2,(H,35,39)/t23-,29?,30?/m0/s1. The Morgan fingerprint density at radius 3 is 2.32 bits per heavy atom. The van der Waals surface area contributed by atoms with Crippen molar-refractivity contribution >= 4 is 35.0 Å². The maximum Gasteiger partial charge on any atom is 0.255 e. The van der Waals surface area contributed by atoms with E-state index in [2.05, 4.69) is 5.48 Å². The van der Waals surface area contributed by atoms with E-state index in [-0.39, 0.29) is 36.3 Å². The number of hydrogen-bond donors (Lipinski definition) is 3. The molecular weight excluding hydrogens is 563 g/mol. The molecule has 0 bridgehead atoms. The Hall–Kier alpha value is -3.88. The number of fused-ring (bicyclic) bond motifs is 1. The van der Waals surface area contributed by atoms with Gasteiger partial charge in [-0.1, -0.05) is 89.9 Å². The highest BCUT2D eigenvalue weighted by atomic mass is 35.5. The number of aliphatic hydroxyl groups excluding tert-OH is 1. The first-order valence-corrected chi connectivity index (χ1v) is 13.8. The number of rotatable bonds is 9. The van der Waals surface area contributed by atoms with Gasteiger partial charge in [-0.2, -0.15) is 0 Å². The Bertz CT molecular complexity index is 1530.